The number of hydrogen-bond donors (Lipinski definition) is 2. The van der Waals surface area contributed by atoms with Crippen molar-refractivity contribution in [2.24, 2.45) is 5.73 Å². The molecule has 0 fully saturated rings. The number of aryl methyl sites for hydroxylation is 2. The smallest absolute Gasteiger partial charge is 0.256 e. The third kappa shape index (κ3) is 3.24. The minimum atomic E-state index is -0.570. The number of anilines is 1. The van der Waals surface area contributed by atoms with Crippen molar-refractivity contribution in [3.63, 3.8) is 0 Å². The normalized spacial score (nSPS) is 10.9. The van der Waals surface area contributed by atoms with Gasteiger partial charge >= 0.3 is 0 Å². The summed E-state index contributed by atoms with van der Waals surface area (Å²) in [6, 6.07) is 3.50. The van der Waals surface area contributed by atoms with Crippen molar-refractivity contribution in [3.05, 3.63) is 34.5 Å². The van der Waals surface area contributed by atoms with E-state index in [1.54, 1.807) is 15.8 Å². The van der Waals surface area contributed by atoms with Gasteiger partial charge in [0.05, 0.1) is 11.3 Å². The molecule has 3 N–H and O–H groups in total. The zero-order valence-corrected chi connectivity index (χ0v) is 14.6. The number of carbonyl (C=O) groups is 2. The van der Waals surface area contributed by atoms with Gasteiger partial charge in [-0.25, -0.2) is 4.98 Å². The third-order valence-corrected chi connectivity index (χ3v) is 4.94. The molecule has 0 radical (unpaired) electrons. The van der Waals surface area contributed by atoms with E-state index in [-0.39, 0.29) is 11.7 Å². The standard InChI is InChI=1S/C14H14N6O2S2/c1-7-5-8(2)20-13(16-7)18-19-14(20)24-6-10(21)17-12-9(11(15)22)3-4-23-12/h3-5H,6H2,1-2H3,(H2,15,22)(H,17,21). The molecule has 3 aromatic heterocycles. The first-order valence-corrected chi connectivity index (χ1v) is 8.81. The van der Waals surface area contributed by atoms with Gasteiger partial charge in [0.2, 0.25) is 5.91 Å². The van der Waals surface area contributed by atoms with Crippen molar-refractivity contribution >= 4 is 45.7 Å². The van der Waals surface area contributed by atoms with Gasteiger partial charge in [0.25, 0.3) is 11.7 Å². The van der Waals surface area contributed by atoms with E-state index in [2.05, 4.69) is 20.5 Å². The monoisotopic (exact) mass is 362 g/mol. The summed E-state index contributed by atoms with van der Waals surface area (Å²) in [6.45, 7) is 3.82. The highest BCUT2D eigenvalue weighted by molar-refractivity contribution is 7.99. The van der Waals surface area contributed by atoms with Crippen LogP contribution in [0.15, 0.2) is 22.7 Å². The molecule has 0 aliphatic rings. The van der Waals surface area contributed by atoms with Gasteiger partial charge in [-0.15, -0.1) is 21.5 Å². The zero-order chi connectivity index (χ0) is 17.3. The summed E-state index contributed by atoms with van der Waals surface area (Å²) in [6.07, 6.45) is 0. The second kappa shape index (κ2) is 6.57. The Balaban J connectivity index is 1.71. The Morgan fingerprint density at radius 3 is 2.92 bits per heavy atom. The Bertz CT molecular complexity index is 933. The van der Waals surface area contributed by atoms with Crippen LogP contribution >= 0.6 is 23.1 Å². The molecule has 0 bridgehead atoms. The summed E-state index contributed by atoms with van der Waals surface area (Å²) in [5, 5.41) is 13.5. The molecule has 10 heteroatoms. The Morgan fingerprint density at radius 1 is 1.38 bits per heavy atom. The third-order valence-electron chi connectivity index (χ3n) is 3.18. The predicted octanol–water partition coefficient (Wildman–Crippen LogP) is 1.63. The number of aromatic nitrogens is 4. The van der Waals surface area contributed by atoms with Crippen molar-refractivity contribution in [1.29, 1.82) is 0 Å². The van der Waals surface area contributed by atoms with E-state index in [9.17, 15) is 9.59 Å². The van der Waals surface area contributed by atoms with Gasteiger partial charge in [-0.1, -0.05) is 11.8 Å². The quantitative estimate of drug-likeness (QED) is 0.667. The molecule has 0 aliphatic carbocycles. The predicted molar refractivity (Wildman–Crippen MR) is 92.4 cm³/mol. The van der Waals surface area contributed by atoms with Gasteiger partial charge in [-0.05, 0) is 31.4 Å². The topological polar surface area (TPSA) is 115 Å². The van der Waals surface area contributed by atoms with Crippen LogP contribution in [0.4, 0.5) is 5.00 Å². The van der Waals surface area contributed by atoms with Gasteiger partial charge < -0.3 is 11.1 Å². The Morgan fingerprint density at radius 2 is 2.17 bits per heavy atom. The largest absolute Gasteiger partial charge is 0.366 e. The molecule has 3 rings (SSSR count). The first kappa shape index (κ1) is 16.4. The minimum Gasteiger partial charge on any atom is -0.366 e. The molecule has 124 valence electrons. The average Bonchev–Trinajstić information content (AvgIpc) is 3.11. The van der Waals surface area contributed by atoms with Crippen molar-refractivity contribution in [3.8, 4) is 0 Å². The van der Waals surface area contributed by atoms with E-state index in [1.165, 1.54) is 23.1 Å². The van der Waals surface area contributed by atoms with Crippen LogP contribution < -0.4 is 11.1 Å². The lowest BCUT2D eigenvalue weighted by Crippen LogP contribution is -2.18. The van der Waals surface area contributed by atoms with Gasteiger partial charge in [-0.3, -0.25) is 14.0 Å². The molecule has 0 aromatic carbocycles. The van der Waals surface area contributed by atoms with Gasteiger partial charge in [0.15, 0.2) is 5.16 Å². The van der Waals surface area contributed by atoms with E-state index in [0.29, 0.717) is 21.5 Å². The second-order valence-electron chi connectivity index (χ2n) is 5.02. The van der Waals surface area contributed by atoms with E-state index in [1.807, 2.05) is 19.9 Å². The van der Waals surface area contributed by atoms with Gasteiger partial charge in [0, 0.05) is 11.4 Å². The van der Waals surface area contributed by atoms with E-state index in [0.717, 1.165) is 11.4 Å². The van der Waals surface area contributed by atoms with E-state index < -0.39 is 5.91 Å². The molecule has 3 heterocycles. The van der Waals surface area contributed by atoms with Crippen LogP contribution in [-0.2, 0) is 4.79 Å². The molecule has 3 aromatic rings. The zero-order valence-electron chi connectivity index (χ0n) is 12.9. The molecular weight excluding hydrogens is 348 g/mol. The fourth-order valence-corrected chi connectivity index (χ4v) is 3.78. The molecule has 0 atom stereocenters. The number of rotatable bonds is 5. The molecule has 0 spiro atoms. The maximum atomic E-state index is 12.1. The summed E-state index contributed by atoms with van der Waals surface area (Å²) in [5.74, 6) is -0.187. The number of hydrogen-bond acceptors (Lipinski definition) is 7. The Kier molecular flexibility index (Phi) is 4.49. The number of nitrogens with one attached hydrogen (secondary N) is 1. The number of carbonyl (C=O) groups excluding carboxylic acids is 2. The molecular formula is C14H14N6O2S2. The molecule has 0 saturated carbocycles. The number of primary amides is 1. The Hall–Kier alpha value is -2.46. The molecule has 0 unspecified atom stereocenters. The van der Waals surface area contributed by atoms with Crippen LogP contribution in [0.1, 0.15) is 21.7 Å². The van der Waals surface area contributed by atoms with Crippen molar-refractivity contribution < 1.29 is 9.59 Å². The van der Waals surface area contributed by atoms with Crippen LogP contribution in [0.2, 0.25) is 0 Å². The van der Waals surface area contributed by atoms with Crippen LogP contribution in [0.3, 0.4) is 0 Å². The van der Waals surface area contributed by atoms with Crippen molar-refractivity contribution in [1.82, 2.24) is 19.6 Å². The summed E-state index contributed by atoms with van der Waals surface area (Å²) in [5.41, 5.74) is 7.37. The van der Waals surface area contributed by atoms with Crippen molar-refractivity contribution in [2.75, 3.05) is 11.1 Å². The number of thiophene rings is 1. The van der Waals surface area contributed by atoms with Crippen molar-refractivity contribution in [2.45, 2.75) is 19.0 Å². The first-order chi connectivity index (χ1) is 11.5. The summed E-state index contributed by atoms with van der Waals surface area (Å²) in [7, 11) is 0. The summed E-state index contributed by atoms with van der Waals surface area (Å²) in [4.78, 5) is 27.7. The number of thioether (sulfide) groups is 1. The number of fused-ring (bicyclic) bond motifs is 1. The van der Waals surface area contributed by atoms with E-state index >= 15 is 0 Å². The maximum Gasteiger partial charge on any atom is 0.256 e. The summed E-state index contributed by atoms with van der Waals surface area (Å²) < 4.78 is 1.80. The lowest BCUT2D eigenvalue weighted by Gasteiger charge is -2.05. The first-order valence-electron chi connectivity index (χ1n) is 6.95. The molecule has 24 heavy (non-hydrogen) atoms. The van der Waals surface area contributed by atoms with Gasteiger partial charge in [-0.2, -0.15) is 0 Å². The minimum absolute atomic E-state index is 0.129. The van der Waals surface area contributed by atoms with Crippen LogP contribution in [0.25, 0.3) is 5.78 Å². The molecule has 8 nitrogen and oxygen atoms in total. The Labute approximate surface area is 145 Å². The van der Waals surface area contributed by atoms with Crippen LogP contribution in [-0.4, -0.2) is 37.1 Å². The highest BCUT2D eigenvalue weighted by Crippen LogP contribution is 2.24. The second-order valence-corrected chi connectivity index (χ2v) is 6.88. The number of nitrogens with two attached hydrogens (primary N) is 1. The number of nitrogens with zero attached hydrogens (tertiary/aromatic N) is 4. The lowest BCUT2D eigenvalue weighted by atomic mass is 10.3. The van der Waals surface area contributed by atoms with Crippen LogP contribution in [0.5, 0.6) is 0 Å². The molecule has 0 aliphatic heterocycles. The average molecular weight is 362 g/mol. The van der Waals surface area contributed by atoms with Gasteiger partial charge in [0.1, 0.15) is 5.00 Å². The SMILES string of the molecule is Cc1cc(C)n2c(SCC(=O)Nc3sccc3C(N)=O)nnc2n1. The molecule has 0 saturated heterocycles. The van der Waals surface area contributed by atoms with E-state index in [4.69, 9.17) is 5.73 Å². The fourth-order valence-electron chi connectivity index (χ4n) is 2.19. The highest BCUT2D eigenvalue weighted by Gasteiger charge is 2.15. The highest BCUT2D eigenvalue weighted by atomic mass is 32.2. The molecule has 2 amide bonds. The lowest BCUT2D eigenvalue weighted by molar-refractivity contribution is -0.113. The number of amides is 2. The fraction of sp³-hybridized carbons (Fsp3) is 0.214. The maximum absolute atomic E-state index is 12.1. The van der Waals surface area contributed by atoms with Crippen LogP contribution in [0, 0.1) is 13.8 Å². The summed E-state index contributed by atoms with van der Waals surface area (Å²) >= 11 is 2.50.